The molecule has 0 saturated heterocycles. The van der Waals surface area contributed by atoms with E-state index in [1.54, 1.807) is 17.4 Å². The van der Waals surface area contributed by atoms with Crippen LogP contribution in [0.3, 0.4) is 0 Å². The van der Waals surface area contributed by atoms with Gasteiger partial charge in [0.05, 0.1) is 24.2 Å². The Bertz CT molecular complexity index is 1040. The zero-order chi connectivity index (χ0) is 21.5. The molecule has 0 bridgehead atoms. The van der Waals surface area contributed by atoms with Crippen LogP contribution in [0.15, 0.2) is 34.5 Å². The van der Waals surface area contributed by atoms with Crippen molar-refractivity contribution in [1.82, 2.24) is 9.21 Å². The Balaban J connectivity index is 1.53. The van der Waals surface area contributed by atoms with E-state index >= 15 is 0 Å². The first-order valence-corrected chi connectivity index (χ1v) is 12.3. The van der Waals surface area contributed by atoms with Crippen molar-refractivity contribution < 1.29 is 17.9 Å². The number of carbonyl (C=O) groups excluding carboxylic acids is 1. The summed E-state index contributed by atoms with van der Waals surface area (Å²) in [5.41, 5.74) is 1.74. The summed E-state index contributed by atoms with van der Waals surface area (Å²) in [4.78, 5) is 16.7. The second-order valence-corrected chi connectivity index (χ2v) is 11.2. The molecule has 9 heteroatoms. The van der Waals surface area contributed by atoms with Crippen LogP contribution in [-0.2, 0) is 21.2 Å². The third-order valence-corrected chi connectivity index (χ3v) is 8.56. The van der Waals surface area contributed by atoms with E-state index in [0.717, 1.165) is 17.3 Å². The number of amides is 1. The molecule has 1 fully saturated rings. The van der Waals surface area contributed by atoms with E-state index in [4.69, 9.17) is 4.74 Å². The minimum atomic E-state index is -3.61. The Morgan fingerprint density at radius 2 is 2.07 bits per heavy atom. The molecule has 1 aromatic heterocycles. The SMILES string of the molecule is COc1ccc(S(=O)(=O)N(C)C)cc1NC(=O)CN1CCc2sccc2C1C1CC1. The molecule has 7 nitrogen and oxygen atoms in total. The first-order chi connectivity index (χ1) is 14.3. The largest absolute Gasteiger partial charge is 0.495 e. The second kappa shape index (κ2) is 8.30. The Kier molecular flexibility index (Phi) is 5.89. The zero-order valence-corrected chi connectivity index (χ0v) is 19.1. The van der Waals surface area contributed by atoms with Crippen molar-refractivity contribution >= 4 is 33.0 Å². The molecule has 1 atom stereocenters. The van der Waals surface area contributed by atoms with Gasteiger partial charge in [-0.3, -0.25) is 9.69 Å². The quantitative estimate of drug-likeness (QED) is 0.703. The predicted molar refractivity (Wildman–Crippen MR) is 118 cm³/mol. The van der Waals surface area contributed by atoms with Crippen LogP contribution in [0.1, 0.15) is 29.3 Å². The van der Waals surface area contributed by atoms with Crippen molar-refractivity contribution in [2.75, 3.05) is 39.6 Å². The number of ether oxygens (including phenoxy) is 1. The Labute approximate surface area is 181 Å². The van der Waals surface area contributed by atoms with Crippen LogP contribution in [0, 0.1) is 5.92 Å². The van der Waals surface area contributed by atoms with Crippen LogP contribution in [0.4, 0.5) is 5.69 Å². The van der Waals surface area contributed by atoms with Crippen LogP contribution >= 0.6 is 11.3 Å². The molecular formula is C21H27N3O4S2. The first-order valence-electron chi connectivity index (χ1n) is 10.0. The fourth-order valence-electron chi connectivity index (χ4n) is 4.07. The third-order valence-electron chi connectivity index (χ3n) is 5.76. The fraction of sp³-hybridized carbons (Fsp3) is 0.476. The lowest BCUT2D eigenvalue weighted by Gasteiger charge is -2.35. The molecule has 1 unspecified atom stereocenters. The third kappa shape index (κ3) is 4.12. The highest BCUT2D eigenvalue weighted by Crippen LogP contribution is 2.48. The molecule has 1 N–H and O–H groups in total. The van der Waals surface area contributed by atoms with E-state index in [1.165, 1.54) is 56.6 Å². The minimum absolute atomic E-state index is 0.111. The molecule has 1 aliphatic carbocycles. The lowest BCUT2D eigenvalue weighted by Crippen LogP contribution is -2.41. The van der Waals surface area contributed by atoms with Gasteiger partial charge >= 0.3 is 0 Å². The summed E-state index contributed by atoms with van der Waals surface area (Å²) in [6.45, 7) is 1.12. The molecule has 2 heterocycles. The van der Waals surface area contributed by atoms with Gasteiger partial charge in [0.15, 0.2) is 0 Å². The first kappa shape index (κ1) is 21.3. The van der Waals surface area contributed by atoms with E-state index < -0.39 is 10.0 Å². The van der Waals surface area contributed by atoms with Crippen molar-refractivity contribution in [1.29, 1.82) is 0 Å². The maximum Gasteiger partial charge on any atom is 0.242 e. The van der Waals surface area contributed by atoms with Gasteiger partial charge in [0, 0.05) is 31.6 Å². The zero-order valence-electron chi connectivity index (χ0n) is 17.4. The number of benzene rings is 1. The van der Waals surface area contributed by atoms with Gasteiger partial charge in [0.2, 0.25) is 15.9 Å². The number of nitrogens with one attached hydrogen (secondary N) is 1. The number of carbonyl (C=O) groups is 1. The molecular weight excluding hydrogens is 422 g/mol. The van der Waals surface area contributed by atoms with Crippen LogP contribution in [0.2, 0.25) is 0 Å². The molecule has 1 amide bonds. The monoisotopic (exact) mass is 449 g/mol. The van der Waals surface area contributed by atoms with Crippen molar-refractivity contribution in [3.05, 3.63) is 40.1 Å². The van der Waals surface area contributed by atoms with Crippen LogP contribution in [-0.4, -0.2) is 57.8 Å². The van der Waals surface area contributed by atoms with Gasteiger partial charge in [-0.2, -0.15) is 0 Å². The van der Waals surface area contributed by atoms with Gasteiger partial charge in [0.1, 0.15) is 5.75 Å². The second-order valence-electron chi connectivity index (χ2n) is 8.00. The van der Waals surface area contributed by atoms with Crippen LogP contribution < -0.4 is 10.1 Å². The van der Waals surface area contributed by atoms with Gasteiger partial charge in [-0.25, -0.2) is 12.7 Å². The number of nitrogens with zero attached hydrogens (tertiary/aromatic N) is 2. The number of hydrogen-bond acceptors (Lipinski definition) is 6. The molecule has 2 aromatic rings. The van der Waals surface area contributed by atoms with E-state index in [9.17, 15) is 13.2 Å². The minimum Gasteiger partial charge on any atom is -0.495 e. The average molecular weight is 450 g/mol. The molecule has 0 spiro atoms. The summed E-state index contributed by atoms with van der Waals surface area (Å²) >= 11 is 1.80. The number of hydrogen-bond donors (Lipinski definition) is 1. The number of thiophene rings is 1. The summed E-state index contributed by atoms with van der Waals surface area (Å²) in [5.74, 6) is 0.880. The van der Waals surface area contributed by atoms with Gasteiger partial charge in [0.25, 0.3) is 0 Å². The number of sulfonamides is 1. The molecule has 4 rings (SSSR count). The van der Waals surface area contributed by atoms with Crippen molar-refractivity contribution in [2.45, 2.75) is 30.2 Å². The molecule has 1 saturated carbocycles. The lowest BCUT2D eigenvalue weighted by atomic mass is 9.96. The highest BCUT2D eigenvalue weighted by molar-refractivity contribution is 7.89. The van der Waals surface area contributed by atoms with Crippen LogP contribution in [0.25, 0.3) is 0 Å². The predicted octanol–water partition coefficient (Wildman–Crippen LogP) is 2.95. The number of methoxy groups -OCH3 is 1. The van der Waals surface area contributed by atoms with Gasteiger partial charge < -0.3 is 10.1 Å². The Morgan fingerprint density at radius 1 is 1.30 bits per heavy atom. The maximum atomic E-state index is 12.9. The summed E-state index contributed by atoms with van der Waals surface area (Å²) in [5, 5.41) is 5.02. The fourth-order valence-corrected chi connectivity index (χ4v) is 5.91. The van der Waals surface area contributed by atoms with E-state index in [1.807, 2.05) is 0 Å². The standard InChI is InChI=1S/C21H27N3O4S2/c1-23(2)30(26,27)15-6-7-18(28-3)17(12-15)22-20(25)13-24-10-8-19-16(9-11-29-19)21(24)14-4-5-14/h6-7,9,11-12,14,21H,4-5,8,10,13H2,1-3H3,(H,22,25). The molecule has 2 aliphatic rings. The highest BCUT2D eigenvalue weighted by atomic mass is 32.2. The van der Waals surface area contributed by atoms with Gasteiger partial charge in [-0.1, -0.05) is 0 Å². The topological polar surface area (TPSA) is 79.0 Å². The molecule has 162 valence electrons. The van der Waals surface area contributed by atoms with Gasteiger partial charge in [-0.05, 0) is 60.4 Å². The van der Waals surface area contributed by atoms with Crippen molar-refractivity contribution in [3.8, 4) is 5.75 Å². The summed E-state index contributed by atoms with van der Waals surface area (Å²) in [6, 6.07) is 7.00. The average Bonchev–Trinajstić information content (AvgIpc) is 3.43. The number of rotatable bonds is 7. The normalized spacial score (nSPS) is 19.5. The van der Waals surface area contributed by atoms with Gasteiger partial charge in [-0.15, -0.1) is 11.3 Å². The Morgan fingerprint density at radius 3 is 2.73 bits per heavy atom. The number of fused-ring (bicyclic) bond motifs is 1. The highest BCUT2D eigenvalue weighted by Gasteiger charge is 2.40. The lowest BCUT2D eigenvalue weighted by molar-refractivity contribution is -0.118. The summed E-state index contributed by atoms with van der Waals surface area (Å²) < 4.78 is 31.4. The molecule has 1 aromatic carbocycles. The summed E-state index contributed by atoms with van der Waals surface area (Å²) in [7, 11) is 0.842. The van der Waals surface area contributed by atoms with E-state index in [0.29, 0.717) is 23.4 Å². The van der Waals surface area contributed by atoms with E-state index in [-0.39, 0.29) is 17.3 Å². The molecule has 30 heavy (non-hydrogen) atoms. The molecule has 1 aliphatic heterocycles. The Hall–Kier alpha value is -1.94. The van der Waals surface area contributed by atoms with Crippen molar-refractivity contribution in [3.63, 3.8) is 0 Å². The smallest absolute Gasteiger partial charge is 0.242 e. The number of anilines is 1. The van der Waals surface area contributed by atoms with Crippen molar-refractivity contribution in [2.24, 2.45) is 5.92 Å². The van der Waals surface area contributed by atoms with Crippen LogP contribution in [0.5, 0.6) is 5.75 Å². The van der Waals surface area contributed by atoms with E-state index in [2.05, 4.69) is 21.7 Å². The molecule has 0 radical (unpaired) electrons. The maximum absolute atomic E-state index is 12.9. The summed E-state index contributed by atoms with van der Waals surface area (Å²) in [6.07, 6.45) is 3.37.